The predicted octanol–water partition coefficient (Wildman–Crippen LogP) is -1.57. The highest BCUT2D eigenvalue weighted by atomic mass is 16.3. The van der Waals surface area contributed by atoms with Crippen LogP contribution in [0.4, 0.5) is 0 Å². The molecule has 2 amide bonds. The zero-order valence-corrected chi connectivity index (χ0v) is 9.76. The lowest BCUT2D eigenvalue weighted by atomic mass is 9.96. The summed E-state index contributed by atoms with van der Waals surface area (Å²) in [6.45, 7) is 1.65. The Balaban J connectivity index is 1.84. The molecule has 0 aromatic carbocycles. The molecule has 0 saturated carbocycles. The van der Waals surface area contributed by atoms with Crippen LogP contribution in [0.1, 0.15) is 19.3 Å². The van der Waals surface area contributed by atoms with Gasteiger partial charge in [0, 0.05) is 25.6 Å². The number of aliphatic hydroxyl groups excluding tert-OH is 1. The summed E-state index contributed by atoms with van der Waals surface area (Å²) in [5, 5.41) is 12.4. The molecule has 0 aliphatic carbocycles. The Kier molecular flexibility index (Phi) is 3.63. The second-order valence-corrected chi connectivity index (χ2v) is 4.85. The summed E-state index contributed by atoms with van der Waals surface area (Å²) in [5.74, 6) is -0.336. The number of rotatable bonds is 2. The van der Waals surface area contributed by atoms with Crippen LogP contribution in [0.3, 0.4) is 0 Å². The largest absolute Gasteiger partial charge is 0.392 e. The van der Waals surface area contributed by atoms with Crippen molar-refractivity contribution in [1.82, 2.24) is 10.2 Å². The second kappa shape index (κ2) is 5.01. The van der Waals surface area contributed by atoms with E-state index in [0.29, 0.717) is 38.9 Å². The third-order valence-corrected chi connectivity index (χ3v) is 3.61. The van der Waals surface area contributed by atoms with Crippen LogP contribution in [0.25, 0.3) is 0 Å². The normalized spacial score (nSPS) is 30.5. The Hall–Kier alpha value is -1.14. The van der Waals surface area contributed by atoms with Gasteiger partial charge in [-0.25, -0.2) is 0 Å². The van der Waals surface area contributed by atoms with Gasteiger partial charge in [-0.3, -0.25) is 9.59 Å². The Morgan fingerprint density at radius 3 is 2.41 bits per heavy atom. The van der Waals surface area contributed by atoms with Gasteiger partial charge in [0.1, 0.15) is 0 Å². The number of hydrogen-bond donors (Lipinski definition) is 3. The lowest BCUT2D eigenvalue weighted by molar-refractivity contribution is -0.136. The fourth-order valence-corrected chi connectivity index (χ4v) is 2.51. The first-order chi connectivity index (χ1) is 8.08. The minimum absolute atomic E-state index is 0.0319. The van der Waals surface area contributed by atoms with Crippen LogP contribution < -0.4 is 11.1 Å². The summed E-state index contributed by atoms with van der Waals surface area (Å²) in [5.41, 5.74) is 5.24. The first-order valence-corrected chi connectivity index (χ1v) is 6.07. The molecular formula is C11H19N3O3. The minimum Gasteiger partial charge on any atom is -0.392 e. The van der Waals surface area contributed by atoms with Crippen LogP contribution in [0.15, 0.2) is 0 Å². The van der Waals surface area contributed by atoms with E-state index >= 15 is 0 Å². The number of aliphatic hydroxyl groups is 1. The number of carbonyl (C=O) groups is 2. The van der Waals surface area contributed by atoms with Crippen LogP contribution >= 0.6 is 0 Å². The Bertz CT molecular complexity index is 313. The van der Waals surface area contributed by atoms with Crippen molar-refractivity contribution in [2.45, 2.75) is 31.4 Å². The van der Waals surface area contributed by atoms with Gasteiger partial charge in [0.2, 0.25) is 11.8 Å². The molecule has 0 bridgehead atoms. The van der Waals surface area contributed by atoms with Gasteiger partial charge in [-0.2, -0.15) is 0 Å². The predicted molar refractivity (Wildman–Crippen MR) is 60.9 cm³/mol. The number of primary amides is 1. The molecular weight excluding hydrogens is 222 g/mol. The summed E-state index contributed by atoms with van der Waals surface area (Å²) in [6.07, 6.45) is 1.36. The van der Waals surface area contributed by atoms with Gasteiger partial charge in [0.15, 0.2) is 0 Å². The molecule has 0 spiro atoms. The first kappa shape index (κ1) is 12.3. The van der Waals surface area contributed by atoms with Crippen LogP contribution in [-0.4, -0.2) is 53.6 Å². The molecule has 2 aliphatic heterocycles. The smallest absolute Gasteiger partial charge is 0.239 e. The molecule has 6 nitrogen and oxygen atoms in total. The van der Waals surface area contributed by atoms with E-state index in [2.05, 4.69) is 5.32 Å². The topological polar surface area (TPSA) is 95.7 Å². The molecule has 17 heavy (non-hydrogen) atoms. The van der Waals surface area contributed by atoms with Crippen molar-refractivity contribution in [1.29, 1.82) is 0 Å². The summed E-state index contributed by atoms with van der Waals surface area (Å²) in [6, 6.07) is -0.268. The fourth-order valence-electron chi connectivity index (χ4n) is 2.51. The maximum atomic E-state index is 12.1. The molecule has 2 aliphatic rings. The molecule has 6 heteroatoms. The SMILES string of the molecule is NC(=O)C1CCN(C(=O)C2CC(O)CN2)CC1. The van der Waals surface area contributed by atoms with E-state index in [1.54, 1.807) is 4.90 Å². The maximum absolute atomic E-state index is 12.1. The lowest BCUT2D eigenvalue weighted by Crippen LogP contribution is -2.48. The van der Waals surface area contributed by atoms with Crippen molar-refractivity contribution >= 4 is 11.8 Å². The van der Waals surface area contributed by atoms with Gasteiger partial charge in [-0.15, -0.1) is 0 Å². The Morgan fingerprint density at radius 2 is 1.94 bits per heavy atom. The molecule has 0 aromatic rings. The van der Waals surface area contributed by atoms with Crippen LogP contribution in [0.2, 0.25) is 0 Å². The number of carbonyl (C=O) groups excluding carboxylic acids is 2. The number of nitrogens with one attached hydrogen (secondary N) is 1. The van der Waals surface area contributed by atoms with E-state index in [1.807, 2.05) is 0 Å². The summed E-state index contributed by atoms with van der Waals surface area (Å²) in [4.78, 5) is 24.8. The van der Waals surface area contributed by atoms with Crippen LogP contribution in [0, 0.1) is 5.92 Å². The van der Waals surface area contributed by atoms with Gasteiger partial charge in [-0.1, -0.05) is 0 Å². The van der Waals surface area contributed by atoms with Crippen molar-refractivity contribution < 1.29 is 14.7 Å². The average molecular weight is 241 g/mol. The zero-order chi connectivity index (χ0) is 12.4. The summed E-state index contributed by atoms with van der Waals surface area (Å²) >= 11 is 0. The number of nitrogens with two attached hydrogens (primary N) is 1. The maximum Gasteiger partial charge on any atom is 0.239 e. The molecule has 4 N–H and O–H groups in total. The van der Waals surface area contributed by atoms with E-state index in [-0.39, 0.29) is 23.8 Å². The van der Waals surface area contributed by atoms with E-state index in [1.165, 1.54) is 0 Å². The third-order valence-electron chi connectivity index (χ3n) is 3.61. The van der Waals surface area contributed by atoms with Crippen molar-refractivity contribution in [3.05, 3.63) is 0 Å². The molecule has 2 unspecified atom stereocenters. The quantitative estimate of drug-likeness (QED) is 0.544. The number of piperidine rings is 1. The standard InChI is InChI=1S/C11H19N3O3/c12-10(16)7-1-3-14(4-2-7)11(17)9-5-8(15)6-13-9/h7-9,13,15H,1-6H2,(H2,12,16). The Labute approximate surface area is 100 Å². The molecule has 2 atom stereocenters. The van der Waals surface area contributed by atoms with Crippen LogP contribution in [0.5, 0.6) is 0 Å². The van der Waals surface area contributed by atoms with Crippen molar-refractivity contribution in [2.75, 3.05) is 19.6 Å². The van der Waals surface area contributed by atoms with Gasteiger partial charge < -0.3 is 21.1 Å². The third kappa shape index (κ3) is 2.76. The van der Waals surface area contributed by atoms with Crippen molar-refractivity contribution in [3.8, 4) is 0 Å². The first-order valence-electron chi connectivity index (χ1n) is 6.07. The molecule has 2 heterocycles. The van der Waals surface area contributed by atoms with Gasteiger partial charge in [-0.05, 0) is 19.3 Å². The highest BCUT2D eigenvalue weighted by molar-refractivity contribution is 5.83. The van der Waals surface area contributed by atoms with E-state index < -0.39 is 6.10 Å². The number of amides is 2. The summed E-state index contributed by atoms with van der Waals surface area (Å²) in [7, 11) is 0. The highest BCUT2D eigenvalue weighted by Crippen LogP contribution is 2.19. The van der Waals surface area contributed by atoms with Gasteiger partial charge >= 0.3 is 0 Å². The van der Waals surface area contributed by atoms with Crippen molar-refractivity contribution in [2.24, 2.45) is 11.7 Å². The lowest BCUT2D eigenvalue weighted by Gasteiger charge is -2.32. The fraction of sp³-hybridized carbons (Fsp3) is 0.818. The van der Waals surface area contributed by atoms with Crippen LogP contribution in [-0.2, 0) is 9.59 Å². The van der Waals surface area contributed by atoms with Gasteiger partial charge in [0.05, 0.1) is 12.1 Å². The number of β-amino-alcohol motifs (C(OH)–C–C–N with tert-alkyl or cyclic N) is 1. The molecule has 2 rings (SSSR count). The van der Waals surface area contributed by atoms with Crippen molar-refractivity contribution in [3.63, 3.8) is 0 Å². The number of nitrogens with zero attached hydrogens (tertiary/aromatic N) is 1. The molecule has 0 aromatic heterocycles. The minimum atomic E-state index is -0.424. The zero-order valence-electron chi connectivity index (χ0n) is 9.76. The molecule has 96 valence electrons. The molecule has 0 radical (unpaired) electrons. The number of likely N-dealkylation sites (tertiary alicyclic amines) is 1. The average Bonchev–Trinajstić information content (AvgIpc) is 2.75. The molecule has 2 saturated heterocycles. The molecule has 2 fully saturated rings. The second-order valence-electron chi connectivity index (χ2n) is 4.85. The highest BCUT2D eigenvalue weighted by Gasteiger charge is 2.33. The van der Waals surface area contributed by atoms with E-state index in [4.69, 9.17) is 5.73 Å². The van der Waals surface area contributed by atoms with E-state index in [9.17, 15) is 14.7 Å². The van der Waals surface area contributed by atoms with E-state index in [0.717, 1.165) is 0 Å². The Morgan fingerprint density at radius 1 is 1.29 bits per heavy atom. The monoisotopic (exact) mass is 241 g/mol. The summed E-state index contributed by atoms with van der Waals surface area (Å²) < 4.78 is 0. The van der Waals surface area contributed by atoms with Gasteiger partial charge in [0.25, 0.3) is 0 Å². The number of hydrogen-bond acceptors (Lipinski definition) is 4.